The predicted molar refractivity (Wildman–Crippen MR) is 51.1 cm³/mol. The van der Waals surface area contributed by atoms with Crippen LogP contribution in [0.4, 0.5) is 0 Å². The monoisotopic (exact) mass is 256 g/mol. The quantitative estimate of drug-likeness (QED) is 0.575. The van der Waals surface area contributed by atoms with E-state index in [-0.39, 0.29) is 4.91 Å². The second kappa shape index (κ2) is 4.09. The summed E-state index contributed by atoms with van der Waals surface area (Å²) in [6.45, 7) is 6.69. The summed E-state index contributed by atoms with van der Waals surface area (Å²) >= 11 is 3.01. The Morgan fingerprint density at radius 3 is 2.09 bits per heavy atom. The molecule has 0 aliphatic heterocycles. The smallest absolute Gasteiger partial charge is 0.207 e. The fourth-order valence-corrected chi connectivity index (χ4v) is 0.782. The van der Waals surface area contributed by atoms with E-state index in [1.807, 2.05) is 0 Å². The number of hydrogen-bond donors (Lipinski definition) is 0. The van der Waals surface area contributed by atoms with Gasteiger partial charge in [-0.05, 0) is 12.2 Å². The molecule has 0 heterocycles. The van der Waals surface area contributed by atoms with Gasteiger partial charge in [0, 0.05) is 15.2 Å². The molecule has 11 heavy (non-hydrogen) atoms. The van der Waals surface area contributed by atoms with Gasteiger partial charge in [-0.25, -0.2) is 8.42 Å². The zero-order chi connectivity index (χ0) is 9.07. The molecular weight excluding hydrogens is 251 g/mol. The van der Waals surface area contributed by atoms with Gasteiger partial charge in [0.05, 0.1) is 4.91 Å². The average Bonchev–Trinajstić information content (AvgIpc) is 1.80. The fraction of sp³-hybridized carbons (Fsp3) is 0. The van der Waals surface area contributed by atoms with Crippen LogP contribution < -0.4 is 0 Å². The van der Waals surface area contributed by atoms with E-state index in [0.29, 0.717) is 4.48 Å². The Kier molecular flexibility index (Phi) is 4.07. The van der Waals surface area contributed by atoms with Crippen LogP contribution in [0.25, 0.3) is 0 Å². The minimum Gasteiger partial charge on any atom is -0.207 e. The van der Waals surface area contributed by atoms with Gasteiger partial charge in [0.15, 0.2) is 0 Å². The average molecular weight is 258 g/mol. The van der Waals surface area contributed by atoms with Crippen LogP contribution in [0.15, 0.2) is 34.7 Å². The van der Waals surface area contributed by atoms with Gasteiger partial charge < -0.3 is 0 Å². The third-order valence-corrected chi connectivity index (χ3v) is 2.38. The summed E-state index contributed by atoms with van der Waals surface area (Å²) in [5, 5.41) is 0. The van der Waals surface area contributed by atoms with Crippen LogP contribution in [0.2, 0.25) is 0 Å². The lowest BCUT2D eigenvalue weighted by Gasteiger charge is -1.90. The minimum absolute atomic E-state index is 0.153. The number of rotatable bonds is 3. The van der Waals surface area contributed by atoms with E-state index in [2.05, 4.69) is 29.1 Å². The topological polar surface area (TPSA) is 34.1 Å². The largest absolute Gasteiger partial charge is 0.260 e. The number of halogens is 2. The molecule has 0 spiro atoms. The van der Waals surface area contributed by atoms with Gasteiger partial charge in [-0.15, -0.1) is 0 Å². The first kappa shape index (κ1) is 10.9. The van der Waals surface area contributed by atoms with E-state index in [9.17, 15) is 8.42 Å². The molecule has 0 bridgehead atoms. The highest BCUT2D eigenvalue weighted by molar-refractivity contribution is 9.11. The number of hydrogen-bond acceptors (Lipinski definition) is 2. The second-order valence-electron chi connectivity index (χ2n) is 1.68. The molecule has 0 atom stereocenters. The van der Waals surface area contributed by atoms with E-state index < -0.39 is 9.05 Å². The van der Waals surface area contributed by atoms with Crippen molar-refractivity contribution < 1.29 is 8.42 Å². The van der Waals surface area contributed by atoms with Gasteiger partial charge in [0.1, 0.15) is 0 Å². The lowest BCUT2D eigenvalue weighted by atomic mass is 10.5. The molecule has 0 fully saturated rings. The molecule has 0 aromatic carbocycles. The Balaban J connectivity index is 4.46. The highest BCUT2D eigenvalue weighted by Crippen LogP contribution is 2.12. The van der Waals surface area contributed by atoms with Crippen LogP contribution in [0, 0.1) is 0 Å². The molecule has 0 saturated carbocycles. The Morgan fingerprint density at radius 2 is 1.82 bits per heavy atom. The van der Waals surface area contributed by atoms with Crippen LogP contribution in [0.5, 0.6) is 0 Å². The van der Waals surface area contributed by atoms with Crippen molar-refractivity contribution in [3.05, 3.63) is 34.7 Å². The van der Waals surface area contributed by atoms with Crippen molar-refractivity contribution in [2.75, 3.05) is 0 Å². The van der Waals surface area contributed by atoms with E-state index >= 15 is 0 Å². The summed E-state index contributed by atoms with van der Waals surface area (Å²) in [6.07, 6.45) is 2.71. The highest BCUT2D eigenvalue weighted by Gasteiger charge is 2.06. The summed E-state index contributed by atoms with van der Waals surface area (Å²) < 4.78 is 21.6. The molecule has 0 unspecified atom stereocenters. The van der Waals surface area contributed by atoms with Crippen molar-refractivity contribution in [3.8, 4) is 0 Å². The van der Waals surface area contributed by atoms with Gasteiger partial charge in [-0.3, -0.25) is 0 Å². The summed E-state index contributed by atoms with van der Waals surface area (Å²) in [6, 6.07) is 0. The molecule has 2 nitrogen and oxygen atoms in total. The lowest BCUT2D eigenvalue weighted by molar-refractivity contribution is 0.616. The molecule has 0 amide bonds. The van der Waals surface area contributed by atoms with Gasteiger partial charge in [0.25, 0.3) is 9.05 Å². The van der Waals surface area contributed by atoms with Crippen LogP contribution in [0.3, 0.4) is 0 Å². The first-order chi connectivity index (χ1) is 4.84. The van der Waals surface area contributed by atoms with E-state index in [0.717, 1.165) is 0 Å². The minimum atomic E-state index is -3.67. The first-order valence-electron chi connectivity index (χ1n) is 2.50. The second-order valence-corrected chi connectivity index (χ2v) is 5.32. The molecule has 0 aliphatic carbocycles. The van der Waals surface area contributed by atoms with Crippen molar-refractivity contribution in [1.82, 2.24) is 0 Å². The van der Waals surface area contributed by atoms with Gasteiger partial charge in [-0.2, -0.15) is 0 Å². The van der Waals surface area contributed by atoms with E-state index in [1.165, 1.54) is 12.2 Å². The molecular formula is C6H6BrClO2S. The Bertz CT molecular complexity index is 303. The van der Waals surface area contributed by atoms with Crippen molar-refractivity contribution in [2.24, 2.45) is 0 Å². The van der Waals surface area contributed by atoms with Crippen molar-refractivity contribution >= 4 is 35.7 Å². The van der Waals surface area contributed by atoms with E-state index in [4.69, 9.17) is 10.7 Å². The molecule has 0 aromatic heterocycles. The molecule has 0 aliphatic rings. The van der Waals surface area contributed by atoms with Crippen LogP contribution >= 0.6 is 26.6 Å². The van der Waals surface area contributed by atoms with Gasteiger partial charge in [-0.1, -0.05) is 29.1 Å². The molecule has 0 aromatic rings. The summed E-state index contributed by atoms with van der Waals surface area (Å²) in [5.41, 5.74) is 0. The summed E-state index contributed by atoms with van der Waals surface area (Å²) in [5.74, 6) is 0. The van der Waals surface area contributed by atoms with Crippen molar-refractivity contribution in [3.63, 3.8) is 0 Å². The Labute approximate surface area is 78.8 Å². The SMILES string of the molecule is C=C(Br)/C=C\C(=C)S(=O)(=O)Cl. The lowest BCUT2D eigenvalue weighted by Crippen LogP contribution is -1.88. The summed E-state index contributed by atoms with van der Waals surface area (Å²) in [4.78, 5) is -0.153. The predicted octanol–water partition coefficient (Wildman–Crippen LogP) is 2.53. The molecule has 5 heteroatoms. The fourth-order valence-electron chi connectivity index (χ4n) is 0.265. The summed E-state index contributed by atoms with van der Waals surface area (Å²) in [7, 11) is 1.27. The zero-order valence-corrected chi connectivity index (χ0v) is 8.71. The highest BCUT2D eigenvalue weighted by atomic mass is 79.9. The first-order valence-corrected chi connectivity index (χ1v) is 5.60. The van der Waals surface area contributed by atoms with Crippen LogP contribution in [0.1, 0.15) is 0 Å². The molecule has 62 valence electrons. The molecule has 0 saturated heterocycles. The number of allylic oxidation sites excluding steroid dienone is 3. The normalized spacial score (nSPS) is 11.8. The van der Waals surface area contributed by atoms with Crippen molar-refractivity contribution in [2.45, 2.75) is 0 Å². The van der Waals surface area contributed by atoms with Crippen LogP contribution in [-0.4, -0.2) is 8.42 Å². The maximum Gasteiger partial charge on any atom is 0.260 e. The Hall–Kier alpha value is -0.0600. The third-order valence-electron chi connectivity index (χ3n) is 0.763. The zero-order valence-electron chi connectivity index (χ0n) is 5.55. The molecule has 0 radical (unpaired) electrons. The van der Waals surface area contributed by atoms with Gasteiger partial charge >= 0.3 is 0 Å². The Morgan fingerprint density at radius 1 is 1.36 bits per heavy atom. The standard InChI is InChI=1S/C6H6BrClO2S/c1-5(7)3-4-6(2)11(8,9)10/h3-4H,1-2H2/b4-3-. The molecule has 0 rings (SSSR count). The molecule has 0 N–H and O–H groups in total. The maximum atomic E-state index is 10.5. The van der Waals surface area contributed by atoms with Gasteiger partial charge in [0.2, 0.25) is 0 Å². The third kappa shape index (κ3) is 5.24. The van der Waals surface area contributed by atoms with E-state index in [1.54, 1.807) is 0 Å². The maximum absolute atomic E-state index is 10.5. The van der Waals surface area contributed by atoms with Crippen molar-refractivity contribution in [1.29, 1.82) is 0 Å². The van der Waals surface area contributed by atoms with Crippen LogP contribution in [-0.2, 0) is 9.05 Å².